The molecule has 0 N–H and O–H groups in total. The summed E-state index contributed by atoms with van der Waals surface area (Å²) in [5.41, 5.74) is 1.02. The summed E-state index contributed by atoms with van der Waals surface area (Å²) in [7, 11) is 3.33. The molecule has 0 fully saturated rings. The summed E-state index contributed by atoms with van der Waals surface area (Å²) < 4.78 is 6.43. The molecule has 1 rings (SSSR count). The second-order valence-electron chi connectivity index (χ2n) is 2.96. The highest BCUT2D eigenvalue weighted by atomic mass is 16.5. The number of methoxy groups -OCH3 is 1. The van der Waals surface area contributed by atoms with E-state index in [-0.39, 0.29) is 5.97 Å². The van der Waals surface area contributed by atoms with Crippen molar-refractivity contribution in [2.24, 2.45) is 7.05 Å². The van der Waals surface area contributed by atoms with E-state index in [0.29, 0.717) is 6.42 Å². The fourth-order valence-electron chi connectivity index (χ4n) is 1.11. The van der Waals surface area contributed by atoms with Crippen LogP contribution in [0.3, 0.4) is 0 Å². The number of aryl methyl sites for hydroxylation is 2. The van der Waals surface area contributed by atoms with Gasteiger partial charge in [-0.15, -0.1) is 0 Å². The van der Waals surface area contributed by atoms with E-state index in [9.17, 15) is 4.79 Å². The van der Waals surface area contributed by atoms with Crippen molar-refractivity contribution in [3.05, 3.63) is 18.2 Å². The summed E-state index contributed by atoms with van der Waals surface area (Å²) >= 11 is 0. The Bertz CT molecular complexity index is 281. The van der Waals surface area contributed by atoms with Crippen molar-refractivity contribution in [2.75, 3.05) is 7.11 Å². The van der Waals surface area contributed by atoms with E-state index >= 15 is 0 Å². The number of carbonyl (C=O) groups is 1. The highest BCUT2D eigenvalue weighted by molar-refractivity contribution is 5.69. The van der Waals surface area contributed by atoms with Crippen LogP contribution in [0.2, 0.25) is 0 Å². The maximum atomic E-state index is 10.8. The van der Waals surface area contributed by atoms with E-state index < -0.39 is 0 Å². The number of imidazole rings is 1. The molecule has 0 aliphatic carbocycles. The molecule has 0 aliphatic heterocycles. The summed E-state index contributed by atoms with van der Waals surface area (Å²) in [6, 6.07) is 0. The quantitative estimate of drug-likeness (QED) is 0.650. The van der Waals surface area contributed by atoms with Gasteiger partial charge in [-0.1, -0.05) is 0 Å². The topological polar surface area (TPSA) is 44.1 Å². The van der Waals surface area contributed by atoms with Gasteiger partial charge in [0.1, 0.15) is 0 Å². The SMILES string of the molecule is COC(=O)CCCc1cn(C)cn1. The van der Waals surface area contributed by atoms with Crippen LogP contribution in [-0.2, 0) is 23.0 Å². The van der Waals surface area contributed by atoms with Gasteiger partial charge in [0.05, 0.1) is 19.1 Å². The van der Waals surface area contributed by atoms with Crippen LogP contribution in [0.15, 0.2) is 12.5 Å². The molecule has 0 radical (unpaired) electrons. The van der Waals surface area contributed by atoms with Crippen LogP contribution in [0.25, 0.3) is 0 Å². The van der Waals surface area contributed by atoms with Crippen molar-refractivity contribution in [3.8, 4) is 0 Å². The van der Waals surface area contributed by atoms with Gasteiger partial charge < -0.3 is 9.30 Å². The third-order valence-corrected chi connectivity index (χ3v) is 1.80. The lowest BCUT2D eigenvalue weighted by Crippen LogP contribution is -2.00. The van der Waals surface area contributed by atoms with Crippen LogP contribution < -0.4 is 0 Å². The molecule has 1 heterocycles. The second-order valence-corrected chi connectivity index (χ2v) is 2.96. The Hall–Kier alpha value is -1.32. The largest absolute Gasteiger partial charge is 0.469 e. The third-order valence-electron chi connectivity index (χ3n) is 1.80. The molecule has 0 aromatic carbocycles. The van der Waals surface area contributed by atoms with Crippen LogP contribution in [0, 0.1) is 0 Å². The molecular weight excluding hydrogens is 168 g/mol. The Kier molecular flexibility index (Phi) is 3.49. The van der Waals surface area contributed by atoms with Crippen LogP contribution in [0.5, 0.6) is 0 Å². The molecule has 13 heavy (non-hydrogen) atoms. The first-order valence-corrected chi connectivity index (χ1v) is 4.26. The third kappa shape index (κ3) is 3.27. The van der Waals surface area contributed by atoms with Crippen molar-refractivity contribution >= 4 is 5.97 Å². The normalized spacial score (nSPS) is 10.0. The molecule has 1 aromatic heterocycles. The van der Waals surface area contributed by atoms with Gasteiger partial charge in [0, 0.05) is 19.7 Å². The fraction of sp³-hybridized carbons (Fsp3) is 0.556. The smallest absolute Gasteiger partial charge is 0.305 e. The molecule has 4 heteroatoms. The van der Waals surface area contributed by atoms with Crippen molar-refractivity contribution in [1.29, 1.82) is 0 Å². The molecule has 1 aromatic rings. The molecule has 0 aliphatic rings. The zero-order valence-corrected chi connectivity index (χ0v) is 7.99. The molecule has 0 unspecified atom stereocenters. The van der Waals surface area contributed by atoms with E-state index in [0.717, 1.165) is 18.5 Å². The van der Waals surface area contributed by atoms with Crippen LogP contribution >= 0.6 is 0 Å². The summed E-state index contributed by atoms with van der Waals surface area (Å²) in [6.45, 7) is 0. The fourth-order valence-corrected chi connectivity index (χ4v) is 1.11. The lowest BCUT2D eigenvalue weighted by Gasteiger charge is -1.96. The second kappa shape index (κ2) is 4.64. The standard InChI is InChI=1S/C9H14N2O2/c1-11-6-8(10-7-11)4-3-5-9(12)13-2/h6-7H,3-5H2,1-2H3. The van der Waals surface area contributed by atoms with E-state index in [2.05, 4.69) is 9.72 Å². The predicted octanol–water partition coefficient (Wildman–Crippen LogP) is 0.916. The van der Waals surface area contributed by atoms with Crippen molar-refractivity contribution in [2.45, 2.75) is 19.3 Å². The molecule has 0 amide bonds. The Morgan fingerprint density at radius 2 is 2.46 bits per heavy atom. The molecular formula is C9H14N2O2. The molecule has 0 bridgehead atoms. The lowest BCUT2D eigenvalue weighted by molar-refractivity contribution is -0.140. The number of rotatable bonds is 4. The maximum Gasteiger partial charge on any atom is 0.305 e. The Labute approximate surface area is 77.5 Å². The number of nitrogens with zero attached hydrogens (tertiary/aromatic N) is 2. The summed E-state index contributed by atoms with van der Waals surface area (Å²) in [5.74, 6) is -0.157. The van der Waals surface area contributed by atoms with Crippen LogP contribution in [0.1, 0.15) is 18.5 Å². The molecule has 0 saturated carbocycles. The number of hydrogen-bond acceptors (Lipinski definition) is 3. The predicted molar refractivity (Wildman–Crippen MR) is 48.2 cm³/mol. The molecule has 72 valence electrons. The maximum absolute atomic E-state index is 10.8. The van der Waals surface area contributed by atoms with E-state index in [1.807, 2.05) is 17.8 Å². The van der Waals surface area contributed by atoms with Crippen molar-refractivity contribution in [3.63, 3.8) is 0 Å². The minimum atomic E-state index is -0.157. The van der Waals surface area contributed by atoms with Gasteiger partial charge >= 0.3 is 5.97 Å². The Balaban J connectivity index is 2.24. The number of aromatic nitrogens is 2. The minimum absolute atomic E-state index is 0.157. The zero-order chi connectivity index (χ0) is 9.68. The molecule has 4 nitrogen and oxygen atoms in total. The van der Waals surface area contributed by atoms with Crippen molar-refractivity contribution < 1.29 is 9.53 Å². The average molecular weight is 182 g/mol. The summed E-state index contributed by atoms with van der Waals surface area (Å²) in [4.78, 5) is 14.9. The van der Waals surface area contributed by atoms with Gasteiger partial charge in [-0.25, -0.2) is 4.98 Å². The van der Waals surface area contributed by atoms with E-state index in [4.69, 9.17) is 0 Å². The summed E-state index contributed by atoms with van der Waals surface area (Å²) in [5, 5.41) is 0. The van der Waals surface area contributed by atoms with Gasteiger partial charge in [-0.3, -0.25) is 4.79 Å². The highest BCUT2D eigenvalue weighted by Gasteiger charge is 2.01. The Morgan fingerprint density at radius 1 is 1.69 bits per heavy atom. The van der Waals surface area contributed by atoms with Gasteiger partial charge in [0.25, 0.3) is 0 Å². The van der Waals surface area contributed by atoms with Gasteiger partial charge in [-0.2, -0.15) is 0 Å². The first kappa shape index (κ1) is 9.77. The monoisotopic (exact) mass is 182 g/mol. The zero-order valence-electron chi connectivity index (χ0n) is 7.99. The first-order chi connectivity index (χ1) is 6.22. The highest BCUT2D eigenvalue weighted by Crippen LogP contribution is 2.02. The number of carbonyl (C=O) groups excluding carboxylic acids is 1. The minimum Gasteiger partial charge on any atom is -0.469 e. The Morgan fingerprint density at radius 3 is 3.00 bits per heavy atom. The number of esters is 1. The number of ether oxygens (including phenoxy) is 1. The first-order valence-electron chi connectivity index (χ1n) is 4.26. The van der Waals surface area contributed by atoms with Crippen molar-refractivity contribution in [1.82, 2.24) is 9.55 Å². The molecule has 0 saturated heterocycles. The van der Waals surface area contributed by atoms with E-state index in [1.165, 1.54) is 7.11 Å². The van der Waals surface area contributed by atoms with E-state index in [1.54, 1.807) is 6.33 Å². The average Bonchev–Trinajstić information content (AvgIpc) is 2.51. The number of hydrogen-bond donors (Lipinski definition) is 0. The van der Waals surface area contributed by atoms with Gasteiger partial charge in [0.2, 0.25) is 0 Å². The summed E-state index contributed by atoms with van der Waals surface area (Å²) in [6.07, 6.45) is 5.80. The van der Waals surface area contributed by atoms with Crippen LogP contribution in [0.4, 0.5) is 0 Å². The molecule has 0 spiro atoms. The molecule has 0 atom stereocenters. The van der Waals surface area contributed by atoms with Gasteiger partial charge in [0.15, 0.2) is 0 Å². The lowest BCUT2D eigenvalue weighted by atomic mass is 10.2. The van der Waals surface area contributed by atoms with Crippen LogP contribution in [-0.4, -0.2) is 22.6 Å². The van der Waals surface area contributed by atoms with Gasteiger partial charge in [-0.05, 0) is 12.8 Å².